The average molecular weight is 503 g/mol. The molecule has 0 bridgehead atoms. The first-order valence-corrected chi connectivity index (χ1v) is 11.8. The van der Waals surface area contributed by atoms with Gasteiger partial charge >= 0.3 is 5.97 Å². The maximum atomic E-state index is 12.5. The van der Waals surface area contributed by atoms with Gasteiger partial charge in [-0.2, -0.15) is 0 Å². The van der Waals surface area contributed by atoms with Gasteiger partial charge in [-0.15, -0.1) is 0 Å². The van der Waals surface area contributed by atoms with Gasteiger partial charge in [-0.05, 0) is 66.1 Å². The Balaban J connectivity index is 1.53. The molecule has 3 aromatic carbocycles. The summed E-state index contributed by atoms with van der Waals surface area (Å²) in [6, 6.07) is 14.2. The SMILES string of the molecule is C/C=C/c1cc(OC)c2c(c1)[C@@H](C)[C@H](c1ccc(OC(=O)/C=C/c3ccc(O)c(OC)c3)c(OC)c1)O2. The molecule has 1 N–H and O–H groups in total. The van der Waals surface area contributed by atoms with E-state index in [4.69, 9.17) is 23.7 Å². The van der Waals surface area contributed by atoms with Crippen molar-refractivity contribution in [1.29, 1.82) is 0 Å². The van der Waals surface area contributed by atoms with E-state index in [0.29, 0.717) is 28.6 Å². The molecular formula is C30H30O7. The lowest BCUT2D eigenvalue weighted by Crippen LogP contribution is -2.09. The van der Waals surface area contributed by atoms with Gasteiger partial charge in [-0.3, -0.25) is 0 Å². The van der Waals surface area contributed by atoms with Gasteiger partial charge in [0.15, 0.2) is 34.5 Å². The number of esters is 1. The van der Waals surface area contributed by atoms with E-state index in [1.54, 1.807) is 31.4 Å². The number of fused-ring (bicyclic) bond motifs is 1. The monoisotopic (exact) mass is 502 g/mol. The molecule has 37 heavy (non-hydrogen) atoms. The van der Waals surface area contributed by atoms with Crippen LogP contribution in [0.2, 0.25) is 0 Å². The average Bonchev–Trinajstić information content (AvgIpc) is 3.24. The van der Waals surface area contributed by atoms with Gasteiger partial charge in [0.1, 0.15) is 6.10 Å². The van der Waals surface area contributed by atoms with Gasteiger partial charge in [0, 0.05) is 17.6 Å². The van der Waals surface area contributed by atoms with Crippen molar-refractivity contribution in [3.05, 3.63) is 82.9 Å². The molecule has 7 nitrogen and oxygen atoms in total. The molecule has 2 atom stereocenters. The molecule has 0 amide bonds. The molecule has 1 aliphatic heterocycles. The van der Waals surface area contributed by atoms with E-state index >= 15 is 0 Å². The van der Waals surface area contributed by atoms with Crippen LogP contribution in [0.25, 0.3) is 12.2 Å². The number of aromatic hydroxyl groups is 1. The highest BCUT2D eigenvalue weighted by Gasteiger charge is 2.35. The van der Waals surface area contributed by atoms with Crippen LogP contribution in [0.5, 0.6) is 34.5 Å². The van der Waals surface area contributed by atoms with Crippen molar-refractivity contribution in [3.8, 4) is 34.5 Å². The second-order valence-corrected chi connectivity index (χ2v) is 8.56. The van der Waals surface area contributed by atoms with Gasteiger partial charge in [0.2, 0.25) is 0 Å². The van der Waals surface area contributed by atoms with E-state index in [0.717, 1.165) is 22.4 Å². The van der Waals surface area contributed by atoms with Crippen molar-refractivity contribution in [2.24, 2.45) is 0 Å². The van der Waals surface area contributed by atoms with Gasteiger partial charge in [-0.1, -0.05) is 31.2 Å². The zero-order valence-electron chi connectivity index (χ0n) is 21.5. The Hall–Kier alpha value is -4.39. The summed E-state index contributed by atoms with van der Waals surface area (Å²) in [5.41, 5.74) is 3.69. The first kappa shape index (κ1) is 25.7. The maximum absolute atomic E-state index is 12.5. The zero-order chi connectivity index (χ0) is 26.5. The number of methoxy groups -OCH3 is 3. The fraction of sp³-hybridized carbons (Fsp3) is 0.233. The lowest BCUT2D eigenvalue weighted by atomic mass is 9.91. The summed E-state index contributed by atoms with van der Waals surface area (Å²) in [6.07, 6.45) is 6.63. The number of hydrogen-bond acceptors (Lipinski definition) is 7. The fourth-order valence-electron chi connectivity index (χ4n) is 4.35. The van der Waals surface area contributed by atoms with Crippen molar-refractivity contribution in [3.63, 3.8) is 0 Å². The molecule has 0 radical (unpaired) electrons. The summed E-state index contributed by atoms with van der Waals surface area (Å²) >= 11 is 0. The highest BCUT2D eigenvalue weighted by molar-refractivity contribution is 5.89. The molecule has 0 aromatic heterocycles. The molecule has 1 heterocycles. The number of phenols is 1. The maximum Gasteiger partial charge on any atom is 0.336 e. The van der Waals surface area contributed by atoms with Crippen LogP contribution < -0.4 is 23.7 Å². The van der Waals surface area contributed by atoms with Crippen LogP contribution >= 0.6 is 0 Å². The molecule has 0 saturated heterocycles. The summed E-state index contributed by atoms with van der Waals surface area (Å²) in [5, 5.41) is 9.72. The van der Waals surface area contributed by atoms with Crippen molar-refractivity contribution in [1.82, 2.24) is 0 Å². The minimum atomic E-state index is -0.572. The quantitative estimate of drug-likeness (QED) is 0.220. The molecular weight excluding hydrogens is 472 g/mol. The lowest BCUT2D eigenvalue weighted by Gasteiger charge is -2.18. The molecule has 4 rings (SSSR count). The van der Waals surface area contributed by atoms with Crippen LogP contribution in [-0.4, -0.2) is 32.4 Å². The van der Waals surface area contributed by atoms with Gasteiger partial charge in [-0.25, -0.2) is 4.79 Å². The van der Waals surface area contributed by atoms with Gasteiger partial charge < -0.3 is 28.8 Å². The molecule has 7 heteroatoms. The van der Waals surface area contributed by atoms with Crippen LogP contribution in [0.1, 0.15) is 48.1 Å². The Morgan fingerprint density at radius 1 is 0.865 bits per heavy atom. The summed E-state index contributed by atoms with van der Waals surface area (Å²) in [5.74, 6) is 1.96. The predicted molar refractivity (Wildman–Crippen MR) is 142 cm³/mol. The van der Waals surface area contributed by atoms with Crippen LogP contribution in [0.15, 0.2) is 60.7 Å². The topological polar surface area (TPSA) is 83.5 Å². The summed E-state index contributed by atoms with van der Waals surface area (Å²) < 4.78 is 28.1. The highest BCUT2D eigenvalue weighted by atomic mass is 16.6. The molecule has 0 spiro atoms. The van der Waals surface area contributed by atoms with Crippen molar-refractivity contribution >= 4 is 18.1 Å². The van der Waals surface area contributed by atoms with E-state index < -0.39 is 5.97 Å². The largest absolute Gasteiger partial charge is 0.504 e. The van der Waals surface area contributed by atoms with E-state index in [9.17, 15) is 9.90 Å². The van der Waals surface area contributed by atoms with Crippen LogP contribution in [-0.2, 0) is 4.79 Å². The number of hydrogen-bond donors (Lipinski definition) is 1. The van der Waals surface area contributed by atoms with E-state index in [1.165, 1.54) is 26.4 Å². The van der Waals surface area contributed by atoms with E-state index in [2.05, 4.69) is 13.0 Å². The standard InChI is InChI=1S/C30H30O7/c1-6-7-20-14-22-18(2)29(37-30(22)27(16-20)35-5)21-10-12-24(26(17-21)34-4)36-28(32)13-9-19-8-11-23(31)25(15-19)33-3/h6-18,29,31H,1-5H3/b7-6+,13-9+/t18-,29-/m1/s1. The highest BCUT2D eigenvalue weighted by Crippen LogP contribution is 2.51. The molecule has 3 aromatic rings. The van der Waals surface area contributed by atoms with Crippen LogP contribution in [0.3, 0.4) is 0 Å². The summed E-state index contributed by atoms with van der Waals surface area (Å²) in [7, 11) is 4.62. The Labute approximate surface area is 216 Å². The van der Waals surface area contributed by atoms with Crippen LogP contribution in [0, 0.1) is 0 Å². The number of carbonyl (C=O) groups excluding carboxylic acids is 1. The van der Waals surface area contributed by atoms with E-state index in [1.807, 2.05) is 37.3 Å². The Bertz CT molecular complexity index is 1360. The van der Waals surface area contributed by atoms with Gasteiger partial charge in [0.05, 0.1) is 21.3 Å². The first-order valence-electron chi connectivity index (χ1n) is 11.8. The molecule has 0 aliphatic carbocycles. The Morgan fingerprint density at radius 2 is 1.59 bits per heavy atom. The Kier molecular flexibility index (Phi) is 7.72. The number of rotatable bonds is 8. The van der Waals surface area contributed by atoms with Gasteiger partial charge in [0.25, 0.3) is 0 Å². The number of benzene rings is 3. The number of carbonyl (C=O) groups is 1. The second kappa shape index (κ2) is 11.1. The third-order valence-electron chi connectivity index (χ3n) is 6.22. The third kappa shape index (κ3) is 5.40. The number of ether oxygens (including phenoxy) is 5. The summed E-state index contributed by atoms with van der Waals surface area (Å²) in [4.78, 5) is 12.5. The predicted octanol–water partition coefficient (Wildman–Crippen LogP) is 6.31. The van der Waals surface area contributed by atoms with E-state index in [-0.39, 0.29) is 17.8 Å². The smallest absolute Gasteiger partial charge is 0.336 e. The van der Waals surface area contributed by atoms with Crippen molar-refractivity contribution in [2.75, 3.05) is 21.3 Å². The molecule has 0 fully saturated rings. The molecule has 0 saturated carbocycles. The minimum Gasteiger partial charge on any atom is -0.504 e. The fourth-order valence-corrected chi connectivity index (χ4v) is 4.35. The van der Waals surface area contributed by atoms with Crippen molar-refractivity contribution in [2.45, 2.75) is 25.9 Å². The van der Waals surface area contributed by atoms with Crippen molar-refractivity contribution < 1.29 is 33.6 Å². The molecule has 1 aliphatic rings. The summed E-state index contributed by atoms with van der Waals surface area (Å²) in [6.45, 7) is 4.09. The molecule has 192 valence electrons. The number of phenolic OH excluding ortho intramolecular Hbond substituents is 1. The number of allylic oxidation sites excluding steroid dienone is 1. The zero-order valence-corrected chi connectivity index (χ0v) is 21.5. The van der Waals surface area contributed by atoms with Crippen LogP contribution in [0.4, 0.5) is 0 Å². The lowest BCUT2D eigenvalue weighted by molar-refractivity contribution is -0.129. The minimum absolute atomic E-state index is 0.0207. The normalized spacial score (nSPS) is 16.5. The second-order valence-electron chi connectivity index (χ2n) is 8.56. The third-order valence-corrected chi connectivity index (χ3v) is 6.22. The first-order chi connectivity index (χ1) is 17.9. The Morgan fingerprint density at radius 3 is 2.30 bits per heavy atom. The molecule has 0 unspecified atom stereocenters.